The maximum absolute atomic E-state index is 9.18. The number of H-pyrrole nitrogens is 1. The summed E-state index contributed by atoms with van der Waals surface area (Å²) in [7, 11) is 3.65. The summed E-state index contributed by atoms with van der Waals surface area (Å²) in [5.74, 6) is 2.38. The number of ether oxygens (including phenoxy) is 1. The number of methoxy groups -OCH3 is 1. The van der Waals surface area contributed by atoms with Gasteiger partial charge in [-0.05, 0) is 25.7 Å². The Hall–Kier alpha value is -2.39. The van der Waals surface area contributed by atoms with Crippen LogP contribution in [0, 0.1) is 0 Å². The highest BCUT2D eigenvalue weighted by atomic mass is 16.5. The van der Waals surface area contributed by atoms with Gasteiger partial charge in [-0.2, -0.15) is 15.1 Å². The maximum Gasteiger partial charge on any atom is 0.230 e. The summed E-state index contributed by atoms with van der Waals surface area (Å²) in [5, 5.41) is 22.9. The first-order valence-electron chi connectivity index (χ1n) is 9.90. The van der Waals surface area contributed by atoms with E-state index in [9.17, 15) is 5.11 Å². The molecule has 1 aliphatic heterocycles. The third-order valence-corrected chi connectivity index (χ3v) is 5.39. The fraction of sp³-hybridized carbons (Fsp3) is 0.632. The number of aliphatic hydroxyl groups is 1. The van der Waals surface area contributed by atoms with Crippen molar-refractivity contribution in [1.29, 1.82) is 0 Å². The normalized spacial score (nSPS) is 22.1. The summed E-state index contributed by atoms with van der Waals surface area (Å²) in [6, 6.07) is 4.86. The van der Waals surface area contributed by atoms with Gasteiger partial charge in [0.2, 0.25) is 11.8 Å². The Bertz CT molecular complexity index is 754. The van der Waals surface area contributed by atoms with Gasteiger partial charge in [0, 0.05) is 37.3 Å². The number of aromatic amines is 1. The Morgan fingerprint density at radius 3 is 2.50 bits per heavy atom. The molecule has 1 fully saturated rings. The van der Waals surface area contributed by atoms with Crippen molar-refractivity contribution in [2.45, 2.75) is 64.3 Å². The molecule has 0 aromatic carbocycles. The molecule has 0 unspecified atom stereocenters. The molecule has 0 amide bonds. The van der Waals surface area contributed by atoms with Gasteiger partial charge >= 0.3 is 0 Å². The van der Waals surface area contributed by atoms with Crippen LogP contribution in [-0.4, -0.2) is 57.6 Å². The average molecular weight is 390 g/mol. The second kappa shape index (κ2) is 9.20. The third kappa shape index (κ3) is 4.71. The van der Waals surface area contributed by atoms with Gasteiger partial charge in [-0.25, -0.2) is 0 Å². The van der Waals surface area contributed by atoms with E-state index in [4.69, 9.17) is 4.74 Å². The van der Waals surface area contributed by atoms with E-state index in [1.165, 1.54) is 0 Å². The van der Waals surface area contributed by atoms with Gasteiger partial charge in [0.15, 0.2) is 0 Å². The number of nitrogens with zero attached hydrogens (tertiary/aromatic N) is 4. The van der Waals surface area contributed by atoms with E-state index in [0.29, 0.717) is 47.3 Å². The Morgan fingerprint density at radius 1 is 1.21 bits per heavy atom. The van der Waals surface area contributed by atoms with Crippen molar-refractivity contribution < 1.29 is 9.84 Å². The van der Waals surface area contributed by atoms with Crippen molar-refractivity contribution in [2.24, 2.45) is 0 Å². The zero-order valence-corrected chi connectivity index (χ0v) is 17.1. The topological polar surface area (TPSA) is 111 Å². The molecule has 0 bridgehead atoms. The Labute approximate surface area is 165 Å². The Balaban J connectivity index is 1.81. The highest BCUT2D eigenvalue weighted by Crippen LogP contribution is 2.27. The zero-order valence-electron chi connectivity index (χ0n) is 17.1. The summed E-state index contributed by atoms with van der Waals surface area (Å²) in [4.78, 5) is 11.4. The van der Waals surface area contributed by atoms with Crippen LogP contribution in [0.2, 0.25) is 0 Å². The van der Waals surface area contributed by atoms with E-state index in [1.807, 2.05) is 7.05 Å². The quantitative estimate of drug-likeness (QED) is 0.544. The van der Waals surface area contributed by atoms with Crippen molar-refractivity contribution in [1.82, 2.24) is 25.5 Å². The van der Waals surface area contributed by atoms with E-state index in [-0.39, 0.29) is 6.61 Å². The van der Waals surface area contributed by atoms with E-state index in [1.54, 1.807) is 19.2 Å². The molecule has 0 spiro atoms. The fourth-order valence-corrected chi connectivity index (χ4v) is 3.66. The second-order valence-corrected chi connectivity index (χ2v) is 7.26. The van der Waals surface area contributed by atoms with Crippen molar-refractivity contribution in [3.05, 3.63) is 17.8 Å². The molecule has 154 valence electrons. The molecule has 1 saturated heterocycles. The van der Waals surface area contributed by atoms with E-state index in [2.05, 4.69) is 49.5 Å². The Kier molecular flexibility index (Phi) is 6.69. The predicted molar refractivity (Wildman–Crippen MR) is 109 cm³/mol. The molecular formula is C19H31N7O2. The number of piperidine rings is 1. The van der Waals surface area contributed by atoms with Crippen LogP contribution in [0.1, 0.15) is 45.2 Å². The number of aliphatic hydroxyl groups excluding tert-OH is 1. The predicted octanol–water partition coefficient (Wildman–Crippen LogP) is 2.19. The van der Waals surface area contributed by atoms with Crippen LogP contribution >= 0.6 is 0 Å². The number of hydrogen-bond donors (Lipinski definition) is 4. The van der Waals surface area contributed by atoms with Crippen LogP contribution in [-0.2, 0) is 6.61 Å². The smallest absolute Gasteiger partial charge is 0.230 e. The first-order valence-corrected chi connectivity index (χ1v) is 9.90. The number of nitrogens with one attached hydrogen (secondary N) is 3. The van der Waals surface area contributed by atoms with Gasteiger partial charge < -0.3 is 25.4 Å². The molecule has 28 heavy (non-hydrogen) atoms. The molecule has 0 saturated carbocycles. The van der Waals surface area contributed by atoms with Gasteiger partial charge in [0.1, 0.15) is 11.6 Å². The van der Waals surface area contributed by atoms with Crippen molar-refractivity contribution in [3.63, 3.8) is 0 Å². The largest absolute Gasteiger partial charge is 0.481 e. The lowest BCUT2D eigenvalue weighted by molar-refractivity contribution is 0.273. The molecule has 3 atom stereocenters. The molecule has 9 nitrogen and oxygen atoms in total. The summed E-state index contributed by atoms with van der Waals surface area (Å²) < 4.78 is 5.39. The van der Waals surface area contributed by atoms with Gasteiger partial charge in [-0.3, -0.25) is 5.10 Å². The molecule has 2 aromatic rings. The second-order valence-electron chi connectivity index (χ2n) is 7.26. The number of anilines is 3. The molecular weight excluding hydrogens is 358 g/mol. The number of rotatable bonds is 8. The fourth-order valence-electron chi connectivity index (χ4n) is 3.66. The highest BCUT2D eigenvalue weighted by Gasteiger charge is 2.30. The zero-order chi connectivity index (χ0) is 20.1. The lowest BCUT2D eigenvalue weighted by atomic mass is 9.90. The molecule has 1 aliphatic rings. The summed E-state index contributed by atoms with van der Waals surface area (Å²) in [5.41, 5.74) is 0.562. The van der Waals surface area contributed by atoms with Crippen LogP contribution in [0.25, 0.3) is 0 Å². The van der Waals surface area contributed by atoms with E-state index < -0.39 is 0 Å². The van der Waals surface area contributed by atoms with Crippen molar-refractivity contribution >= 4 is 17.6 Å². The van der Waals surface area contributed by atoms with Crippen molar-refractivity contribution in [2.75, 3.05) is 24.4 Å². The molecule has 9 heteroatoms. The van der Waals surface area contributed by atoms with Gasteiger partial charge in [-0.1, -0.05) is 13.8 Å². The average Bonchev–Trinajstić information content (AvgIpc) is 3.19. The summed E-state index contributed by atoms with van der Waals surface area (Å²) in [6.07, 6.45) is 4.35. The highest BCUT2D eigenvalue weighted by molar-refractivity contribution is 5.55. The molecule has 3 heterocycles. The van der Waals surface area contributed by atoms with Crippen LogP contribution in [0.15, 0.2) is 12.1 Å². The summed E-state index contributed by atoms with van der Waals surface area (Å²) >= 11 is 0. The van der Waals surface area contributed by atoms with E-state index >= 15 is 0 Å². The lowest BCUT2D eigenvalue weighted by Gasteiger charge is -2.40. The molecule has 0 radical (unpaired) electrons. The minimum absolute atomic E-state index is 0.119. The first-order chi connectivity index (χ1) is 13.6. The third-order valence-electron chi connectivity index (χ3n) is 5.39. The lowest BCUT2D eigenvalue weighted by Crippen LogP contribution is -2.52. The van der Waals surface area contributed by atoms with Gasteiger partial charge in [-0.15, -0.1) is 0 Å². The standard InChI is InChI=1S/C19H31N7O2/c1-5-12-7-15(8-13(6-2)20-12)26(3)19-22-16(10-18(23-19)28-4)21-17-9-14(11-27)24-25-17/h9-10,12-13,15,20,27H,5-8,11H2,1-4H3,(H2,21,22,23,24,25)/t12-,13+,15-. The Morgan fingerprint density at radius 2 is 1.93 bits per heavy atom. The number of hydrogen-bond acceptors (Lipinski definition) is 8. The van der Waals surface area contributed by atoms with Crippen LogP contribution in [0.4, 0.5) is 17.6 Å². The maximum atomic E-state index is 9.18. The summed E-state index contributed by atoms with van der Waals surface area (Å²) in [6.45, 7) is 4.33. The minimum Gasteiger partial charge on any atom is -0.481 e. The van der Waals surface area contributed by atoms with Gasteiger partial charge in [0.05, 0.1) is 19.4 Å². The monoisotopic (exact) mass is 389 g/mol. The molecule has 4 N–H and O–H groups in total. The van der Waals surface area contributed by atoms with Crippen LogP contribution in [0.5, 0.6) is 5.88 Å². The van der Waals surface area contributed by atoms with Crippen LogP contribution in [0.3, 0.4) is 0 Å². The minimum atomic E-state index is -0.119. The SMILES string of the molecule is CC[C@@H]1C[C@@H](N(C)c2nc(Nc3cc(CO)n[nH]3)cc(OC)n2)C[C@H](CC)N1. The van der Waals surface area contributed by atoms with Crippen LogP contribution < -0.4 is 20.3 Å². The number of aromatic nitrogens is 4. The molecule has 0 aliphatic carbocycles. The van der Waals surface area contributed by atoms with Crippen molar-refractivity contribution in [3.8, 4) is 5.88 Å². The molecule has 2 aromatic heterocycles. The molecule has 3 rings (SSSR count). The van der Waals surface area contributed by atoms with E-state index in [0.717, 1.165) is 25.7 Å². The first kappa shape index (κ1) is 20.3. The van der Waals surface area contributed by atoms with Gasteiger partial charge in [0.25, 0.3) is 0 Å².